The first-order valence-electron chi connectivity index (χ1n) is 9.22. The summed E-state index contributed by atoms with van der Waals surface area (Å²) in [5.41, 5.74) is 1.25. The Bertz CT molecular complexity index is 778. The van der Waals surface area contributed by atoms with Crippen LogP contribution < -0.4 is 4.74 Å². The van der Waals surface area contributed by atoms with Crippen molar-refractivity contribution in [3.63, 3.8) is 0 Å². The maximum absolute atomic E-state index is 12.3. The highest BCUT2D eigenvalue weighted by molar-refractivity contribution is 7.15. The van der Waals surface area contributed by atoms with E-state index in [0.29, 0.717) is 23.8 Å². The lowest BCUT2D eigenvalue weighted by Crippen LogP contribution is -2.26. The summed E-state index contributed by atoms with van der Waals surface area (Å²) in [7, 11) is 1.38. The van der Waals surface area contributed by atoms with Gasteiger partial charge in [0.15, 0.2) is 6.29 Å². The van der Waals surface area contributed by atoms with Crippen molar-refractivity contribution in [2.24, 2.45) is 0 Å². The van der Waals surface area contributed by atoms with Crippen molar-refractivity contribution >= 4 is 17.3 Å². The second-order valence-corrected chi connectivity index (χ2v) is 7.85. The molecule has 0 radical (unpaired) electrons. The summed E-state index contributed by atoms with van der Waals surface area (Å²) in [6, 6.07) is 5.53. The number of esters is 1. The van der Waals surface area contributed by atoms with E-state index in [1.807, 2.05) is 18.3 Å². The number of para-hydroxylation sites is 1. The molecule has 2 fully saturated rings. The first-order valence-corrected chi connectivity index (χ1v) is 10.0. The van der Waals surface area contributed by atoms with Crippen LogP contribution in [0.4, 0.5) is 0 Å². The van der Waals surface area contributed by atoms with Crippen LogP contribution >= 0.6 is 11.3 Å². The van der Waals surface area contributed by atoms with Gasteiger partial charge in [-0.05, 0) is 43.7 Å². The molecule has 0 N–H and O–H groups in total. The minimum Gasteiger partial charge on any atom is -0.465 e. The van der Waals surface area contributed by atoms with Gasteiger partial charge in [-0.2, -0.15) is 0 Å². The van der Waals surface area contributed by atoms with Gasteiger partial charge in [-0.3, -0.25) is 0 Å². The first-order chi connectivity index (χ1) is 12.8. The van der Waals surface area contributed by atoms with Crippen molar-refractivity contribution in [3.8, 4) is 16.3 Å². The lowest BCUT2D eigenvalue weighted by Gasteiger charge is -2.25. The van der Waals surface area contributed by atoms with Crippen molar-refractivity contribution in [2.75, 3.05) is 13.7 Å². The number of hydrogen-bond acceptors (Lipinski definition) is 6. The van der Waals surface area contributed by atoms with Gasteiger partial charge < -0.3 is 14.2 Å². The normalized spacial score (nSPS) is 20.4. The maximum atomic E-state index is 12.3. The van der Waals surface area contributed by atoms with Crippen molar-refractivity contribution in [1.82, 2.24) is 4.98 Å². The minimum absolute atomic E-state index is 0.334. The van der Waals surface area contributed by atoms with Crippen LogP contribution in [-0.2, 0) is 9.47 Å². The van der Waals surface area contributed by atoms with E-state index in [-0.39, 0.29) is 6.29 Å². The predicted octanol–water partition coefficient (Wildman–Crippen LogP) is 4.77. The molecule has 1 aliphatic heterocycles. The van der Waals surface area contributed by atoms with Gasteiger partial charge in [0.05, 0.1) is 19.3 Å². The largest absolute Gasteiger partial charge is 0.465 e. The summed E-state index contributed by atoms with van der Waals surface area (Å²) in [6.07, 6.45) is 8.33. The molecule has 5 nitrogen and oxygen atoms in total. The number of rotatable bonds is 5. The zero-order valence-electron chi connectivity index (χ0n) is 14.9. The smallest absolute Gasteiger partial charge is 0.341 e. The SMILES string of the molecule is COC(=O)c1cccc(-c2ncc(C3CCC3)s2)c1OC1CCCCO1. The standard InChI is InChI=1S/C20H23NO4S/c1-23-20(22)15-9-5-8-14(18(15)25-17-10-2-3-11-24-17)19-21-12-16(26-19)13-6-4-7-13/h5,8-9,12-13,17H,2-4,6-7,10-11H2,1H3. The monoisotopic (exact) mass is 373 g/mol. The number of thiazole rings is 1. The fourth-order valence-electron chi connectivity index (χ4n) is 3.33. The third-order valence-corrected chi connectivity index (χ3v) is 6.26. The van der Waals surface area contributed by atoms with Crippen LogP contribution in [-0.4, -0.2) is 31.0 Å². The minimum atomic E-state index is -0.409. The average molecular weight is 373 g/mol. The van der Waals surface area contributed by atoms with Gasteiger partial charge in [-0.1, -0.05) is 12.5 Å². The summed E-state index contributed by atoms with van der Waals surface area (Å²) in [5.74, 6) is 0.741. The van der Waals surface area contributed by atoms with Crippen molar-refractivity contribution in [2.45, 2.75) is 50.7 Å². The summed E-state index contributed by atoms with van der Waals surface area (Å²) < 4.78 is 16.8. The van der Waals surface area contributed by atoms with Gasteiger partial charge in [0.25, 0.3) is 0 Å². The van der Waals surface area contributed by atoms with Gasteiger partial charge in [-0.25, -0.2) is 9.78 Å². The highest BCUT2D eigenvalue weighted by Crippen LogP contribution is 2.43. The number of carbonyl (C=O) groups excluding carboxylic acids is 1. The van der Waals surface area contributed by atoms with Crippen LogP contribution in [0, 0.1) is 0 Å². The Morgan fingerprint density at radius 2 is 2.12 bits per heavy atom. The van der Waals surface area contributed by atoms with E-state index in [2.05, 4.69) is 4.98 Å². The number of benzene rings is 1. The van der Waals surface area contributed by atoms with E-state index in [4.69, 9.17) is 14.2 Å². The molecular weight excluding hydrogens is 350 g/mol. The molecule has 26 heavy (non-hydrogen) atoms. The topological polar surface area (TPSA) is 57.7 Å². The third kappa shape index (κ3) is 3.48. The Morgan fingerprint density at radius 3 is 2.81 bits per heavy atom. The molecule has 0 spiro atoms. The third-order valence-electron chi connectivity index (χ3n) is 5.07. The molecule has 1 aliphatic carbocycles. The van der Waals surface area contributed by atoms with Gasteiger partial charge in [0.1, 0.15) is 16.3 Å². The Kier molecular flexibility index (Phi) is 5.22. The molecule has 1 atom stereocenters. The predicted molar refractivity (Wildman–Crippen MR) is 99.7 cm³/mol. The molecule has 1 unspecified atom stereocenters. The van der Waals surface area contributed by atoms with E-state index in [1.165, 1.54) is 31.2 Å². The molecule has 1 aromatic heterocycles. The molecular formula is C20H23NO4S. The van der Waals surface area contributed by atoms with E-state index < -0.39 is 5.97 Å². The second kappa shape index (κ2) is 7.76. The zero-order chi connectivity index (χ0) is 17.9. The van der Waals surface area contributed by atoms with Gasteiger partial charge in [0, 0.05) is 17.5 Å². The molecule has 2 aliphatic rings. The van der Waals surface area contributed by atoms with E-state index in [1.54, 1.807) is 17.4 Å². The van der Waals surface area contributed by atoms with Crippen molar-refractivity contribution in [3.05, 3.63) is 34.8 Å². The van der Waals surface area contributed by atoms with Crippen LogP contribution in [0.3, 0.4) is 0 Å². The molecule has 0 bridgehead atoms. The Labute approximate surface area is 157 Å². The molecule has 2 aromatic rings. The first kappa shape index (κ1) is 17.5. The van der Waals surface area contributed by atoms with E-state index in [0.717, 1.165) is 29.8 Å². The molecule has 4 rings (SSSR count). The highest BCUT2D eigenvalue weighted by atomic mass is 32.1. The fourth-order valence-corrected chi connectivity index (χ4v) is 4.44. The quantitative estimate of drug-likeness (QED) is 0.707. The lowest BCUT2D eigenvalue weighted by atomic mass is 9.85. The Hall–Kier alpha value is -1.92. The lowest BCUT2D eigenvalue weighted by molar-refractivity contribution is -0.105. The van der Waals surface area contributed by atoms with Crippen LogP contribution in [0.1, 0.15) is 59.7 Å². The Balaban J connectivity index is 1.70. The molecule has 6 heteroatoms. The molecule has 0 amide bonds. The van der Waals surface area contributed by atoms with Gasteiger partial charge in [0.2, 0.25) is 0 Å². The number of aromatic nitrogens is 1. The number of ether oxygens (including phenoxy) is 3. The van der Waals surface area contributed by atoms with Crippen LogP contribution in [0.2, 0.25) is 0 Å². The number of nitrogens with zero attached hydrogens (tertiary/aromatic N) is 1. The number of carbonyl (C=O) groups is 1. The maximum Gasteiger partial charge on any atom is 0.341 e. The summed E-state index contributed by atoms with van der Waals surface area (Å²) in [6.45, 7) is 0.684. The fraction of sp³-hybridized carbons (Fsp3) is 0.500. The average Bonchev–Trinajstić information content (AvgIpc) is 3.10. The molecule has 1 saturated carbocycles. The molecule has 1 saturated heterocycles. The second-order valence-electron chi connectivity index (χ2n) is 6.78. The van der Waals surface area contributed by atoms with E-state index in [9.17, 15) is 4.79 Å². The molecule has 1 aromatic carbocycles. The van der Waals surface area contributed by atoms with E-state index >= 15 is 0 Å². The zero-order valence-corrected chi connectivity index (χ0v) is 15.7. The summed E-state index contributed by atoms with van der Waals surface area (Å²) >= 11 is 1.69. The summed E-state index contributed by atoms with van der Waals surface area (Å²) in [4.78, 5) is 18.2. The van der Waals surface area contributed by atoms with Crippen LogP contribution in [0.5, 0.6) is 5.75 Å². The van der Waals surface area contributed by atoms with Gasteiger partial charge >= 0.3 is 5.97 Å². The Morgan fingerprint density at radius 1 is 1.23 bits per heavy atom. The van der Waals surface area contributed by atoms with Crippen LogP contribution in [0.15, 0.2) is 24.4 Å². The molecule has 2 heterocycles. The van der Waals surface area contributed by atoms with Gasteiger partial charge in [-0.15, -0.1) is 11.3 Å². The van der Waals surface area contributed by atoms with Crippen LogP contribution in [0.25, 0.3) is 10.6 Å². The number of hydrogen-bond donors (Lipinski definition) is 0. The highest BCUT2D eigenvalue weighted by Gasteiger charge is 2.26. The number of methoxy groups -OCH3 is 1. The summed E-state index contributed by atoms with van der Waals surface area (Å²) in [5, 5.41) is 0.878. The molecule has 138 valence electrons. The van der Waals surface area contributed by atoms with Crippen molar-refractivity contribution in [1.29, 1.82) is 0 Å². The van der Waals surface area contributed by atoms with Crippen molar-refractivity contribution < 1.29 is 19.0 Å².